The van der Waals surface area contributed by atoms with Crippen molar-refractivity contribution in [2.45, 2.75) is 39.2 Å². The molecule has 92 valence electrons. The number of pyridine rings is 1. The van der Waals surface area contributed by atoms with Gasteiger partial charge in [0.05, 0.1) is 4.92 Å². The fourth-order valence-corrected chi connectivity index (χ4v) is 1.99. The molecule has 0 radical (unpaired) electrons. The molecule has 1 aromatic rings. The summed E-state index contributed by atoms with van der Waals surface area (Å²) in [4.78, 5) is 14.5. The summed E-state index contributed by atoms with van der Waals surface area (Å²) in [6.45, 7) is 3.78. The number of hydrogen-bond acceptors (Lipinski definition) is 4. The topological polar surface area (TPSA) is 68.1 Å². The third-order valence-corrected chi connectivity index (χ3v) is 3.03. The van der Waals surface area contributed by atoms with Gasteiger partial charge in [-0.3, -0.25) is 10.1 Å². The van der Waals surface area contributed by atoms with Crippen LogP contribution < -0.4 is 5.32 Å². The maximum Gasteiger partial charge on any atom is 0.290 e. The highest BCUT2D eigenvalue weighted by Crippen LogP contribution is 2.34. The minimum absolute atomic E-state index is 0.0744. The Morgan fingerprint density at radius 2 is 2.29 bits per heavy atom. The molecule has 1 atom stereocenters. The van der Waals surface area contributed by atoms with E-state index < -0.39 is 4.92 Å². The highest BCUT2D eigenvalue weighted by Gasteiger charge is 2.23. The molecule has 1 unspecified atom stereocenters. The van der Waals surface area contributed by atoms with Gasteiger partial charge in [0, 0.05) is 12.1 Å². The fourth-order valence-electron chi connectivity index (χ4n) is 1.99. The first-order valence-electron chi connectivity index (χ1n) is 5.95. The molecule has 5 nitrogen and oxygen atoms in total. The maximum absolute atomic E-state index is 10.7. The Kier molecular flexibility index (Phi) is 3.26. The van der Waals surface area contributed by atoms with Gasteiger partial charge in [-0.2, -0.15) is 0 Å². The van der Waals surface area contributed by atoms with Crippen LogP contribution in [0.5, 0.6) is 0 Å². The van der Waals surface area contributed by atoms with E-state index in [9.17, 15) is 10.1 Å². The van der Waals surface area contributed by atoms with Crippen molar-refractivity contribution in [1.82, 2.24) is 4.98 Å². The number of hydrogen-bond donors (Lipinski definition) is 1. The smallest absolute Gasteiger partial charge is 0.290 e. The van der Waals surface area contributed by atoms with Crippen LogP contribution >= 0.6 is 0 Å². The first-order chi connectivity index (χ1) is 8.06. The van der Waals surface area contributed by atoms with E-state index in [-0.39, 0.29) is 5.69 Å². The summed E-state index contributed by atoms with van der Waals surface area (Å²) in [6.07, 6.45) is 3.81. The Morgan fingerprint density at radius 1 is 1.59 bits per heavy atom. The normalized spacial score (nSPS) is 16.6. The Bertz CT molecular complexity index is 430. The number of nitro groups is 1. The third kappa shape index (κ3) is 3.15. The van der Waals surface area contributed by atoms with Crippen LogP contribution in [0.1, 0.15) is 31.9 Å². The van der Waals surface area contributed by atoms with E-state index in [2.05, 4.69) is 17.2 Å². The molecule has 0 aliphatic heterocycles. The van der Waals surface area contributed by atoms with Crippen molar-refractivity contribution in [3.63, 3.8) is 0 Å². The predicted octanol–water partition coefficient (Wildman–Crippen LogP) is 2.90. The van der Waals surface area contributed by atoms with Gasteiger partial charge in [-0.05, 0) is 32.3 Å². The maximum atomic E-state index is 10.7. The zero-order chi connectivity index (χ0) is 12.4. The fraction of sp³-hybridized carbons (Fsp3) is 0.583. The van der Waals surface area contributed by atoms with E-state index in [4.69, 9.17) is 0 Å². The largest absolute Gasteiger partial charge is 0.368 e. The SMILES string of the molecule is Cc1nc(NC(C)CC2CC2)ccc1[N+](=O)[O-]. The molecule has 1 fully saturated rings. The van der Waals surface area contributed by atoms with Gasteiger partial charge in [0.25, 0.3) is 5.69 Å². The lowest BCUT2D eigenvalue weighted by Crippen LogP contribution is -2.16. The van der Waals surface area contributed by atoms with Crippen LogP contribution in [0.3, 0.4) is 0 Å². The highest BCUT2D eigenvalue weighted by molar-refractivity contribution is 5.45. The summed E-state index contributed by atoms with van der Waals surface area (Å²) < 4.78 is 0. The molecule has 0 aromatic carbocycles. The molecule has 0 bridgehead atoms. The van der Waals surface area contributed by atoms with Gasteiger partial charge in [-0.25, -0.2) is 4.98 Å². The second-order valence-corrected chi connectivity index (χ2v) is 4.78. The average Bonchev–Trinajstić information content (AvgIpc) is 3.00. The quantitative estimate of drug-likeness (QED) is 0.629. The predicted molar refractivity (Wildman–Crippen MR) is 66.1 cm³/mol. The lowest BCUT2D eigenvalue weighted by Gasteiger charge is -2.14. The highest BCUT2D eigenvalue weighted by atomic mass is 16.6. The summed E-state index contributed by atoms with van der Waals surface area (Å²) in [5, 5.41) is 13.9. The lowest BCUT2D eigenvalue weighted by atomic mass is 10.1. The van der Waals surface area contributed by atoms with Gasteiger partial charge in [0.15, 0.2) is 0 Å². The lowest BCUT2D eigenvalue weighted by molar-refractivity contribution is -0.385. The zero-order valence-corrected chi connectivity index (χ0v) is 10.1. The molecular formula is C12H17N3O2. The average molecular weight is 235 g/mol. The number of aryl methyl sites for hydroxylation is 1. The van der Waals surface area contributed by atoms with Crippen LogP contribution in [0.25, 0.3) is 0 Å². The van der Waals surface area contributed by atoms with Crippen molar-refractivity contribution in [3.8, 4) is 0 Å². The zero-order valence-electron chi connectivity index (χ0n) is 10.1. The first-order valence-corrected chi connectivity index (χ1v) is 5.95. The van der Waals surface area contributed by atoms with Gasteiger partial charge in [0.1, 0.15) is 11.5 Å². The van der Waals surface area contributed by atoms with Crippen LogP contribution in [-0.2, 0) is 0 Å². The van der Waals surface area contributed by atoms with Crippen molar-refractivity contribution in [2.24, 2.45) is 5.92 Å². The molecule has 1 aromatic heterocycles. The molecule has 0 spiro atoms. The molecule has 1 saturated carbocycles. The molecule has 0 amide bonds. The van der Waals surface area contributed by atoms with Crippen LogP contribution in [0.15, 0.2) is 12.1 Å². The van der Waals surface area contributed by atoms with Crippen molar-refractivity contribution in [3.05, 3.63) is 27.9 Å². The third-order valence-electron chi connectivity index (χ3n) is 3.03. The van der Waals surface area contributed by atoms with E-state index in [1.807, 2.05) is 0 Å². The molecule has 1 aliphatic rings. The number of nitrogens with one attached hydrogen (secondary N) is 1. The van der Waals surface area contributed by atoms with Crippen LogP contribution in [0, 0.1) is 23.0 Å². The van der Waals surface area contributed by atoms with Crippen LogP contribution in [0.4, 0.5) is 11.5 Å². The van der Waals surface area contributed by atoms with Gasteiger partial charge in [0.2, 0.25) is 0 Å². The Hall–Kier alpha value is -1.65. The van der Waals surface area contributed by atoms with Crippen LogP contribution in [0.2, 0.25) is 0 Å². The van der Waals surface area contributed by atoms with Crippen molar-refractivity contribution in [1.29, 1.82) is 0 Å². The molecule has 1 N–H and O–H groups in total. The van der Waals surface area contributed by atoms with Gasteiger partial charge in [-0.1, -0.05) is 12.8 Å². The van der Waals surface area contributed by atoms with Gasteiger partial charge in [-0.15, -0.1) is 0 Å². The summed E-state index contributed by atoms with van der Waals surface area (Å²) in [6, 6.07) is 3.55. The monoisotopic (exact) mass is 235 g/mol. The van der Waals surface area contributed by atoms with Gasteiger partial charge < -0.3 is 5.32 Å². The van der Waals surface area contributed by atoms with E-state index >= 15 is 0 Å². The van der Waals surface area contributed by atoms with Crippen LogP contribution in [-0.4, -0.2) is 15.9 Å². The van der Waals surface area contributed by atoms with E-state index in [0.717, 1.165) is 18.2 Å². The van der Waals surface area contributed by atoms with Crippen molar-refractivity contribution in [2.75, 3.05) is 5.32 Å². The standard InChI is InChI=1S/C12H17N3O2/c1-8(7-10-3-4-10)13-12-6-5-11(15(16)17)9(2)14-12/h5-6,8,10H,3-4,7H2,1-2H3,(H,13,14). The molecule has 17 heavy (non-hydrogen) atoms. The minimum atomic E-state index is -0.403. The number of nitrogens with zero attached hydrogens (tertiary/aromatic N) is 2. The van der Waals surface area contributed by atoms with Gasteiger partial charge >= 0.3 is 0 Å². The Labute approximate surface area is 100 Å². The second kappa shape index (κ2) is 4.69. The summed E-state index contributed by atoms with van der Waals surface area (Å²) in [5.74, 6) is 1.58. The minimum Gasteiger partial charge on any atom is -0.368 e. The Balaban J connectivity index is 2.00. The summed E-state index contributed by atoms with van der Waals surface area (Å²) in [5.41, 5.74) is 0.531. The van der Waals surface area contributed by atoms with Crippen molar-refractivity contribution < 1.29 is 4.92 Å². The van der Waals surface area contributed by atoms with E-state index in [1.54, 1.807) is 13.0 Å². The number of rotatable bonds is 5. The molecule has 1 heterocycles. The Morgan fingerprint density at radius 3 is 2.82 bits per heavy atom. The van der Waals surface area contributed by atoms with E-state index in [0.29, 0.717) is 11.7 Å². The summed E-state index contributed by atoms with van der Waals surface area (Å²) in [7, 11) is 0. The van der Waals surface area contributed by atoms with E-state index in [1.165, 1.54) is 18.9 Å². The molecule has 0 saturated heterocycles. The van der Waals surface area contributed by atoms with Crippen molar-refractivity contribution >= 4 is 11.5 Å². The number of aromatic nitrogens is 1. The first kappa shape index (κ1) is 11.8. The second-order valence-electron chi connectivity index (χ2n) is 4.78. The number of anilines is 1. The molecular weight excluding hydrogens is 218 g/mol. The molecule has 2 rings (SSSR count). The summed E-state index contributed by atoms with van der Waals surface area (Å²) >= 11 is 0. The molecule has 1 aliphatic carbocycles. The molecule has 5 heteroatoms.